The first-order valence-corrected chi connectivity index (χ1v) is 11.2. The number of pyridine rings is 1. The predicted octanol–water partition coefficient (Wildman–Crippen LogP) is 2.70. The summed E-state index contributed by atoms with van der Waals surface area (Å²) in [6.45, 7) is 15.3. The van der Waals surface area contributed by atoms with Gasteiger partial charge in [0.25, 0.3) is 5.56 Å². The molecule has 3 heterocycles. The molecule has 0 bridgehead atoms. The summed E-state index contributed by atoms with van der Waals surface area (Å²) in [6, 6.07) is 7.82. The Labute approximate surface area is 183 Å². The van der Waals surface area contributed by atoms with Crippen LogP contribution in [0.15, 0.2) is 29.1 Å². The van der Waals surface area contributed by atoms with E-state index in [1.165, 1.54) is 0 Å². The zero-order chi connectivity index (χ0) is 22.2. The molecule has 8 nitrogen and oxygen atoms in total. The van der Waals surface area contributed by atoms with E-state index >= 15 is 0 Å². The molecule has 31 heavy (non-hydrogen) atoms. The average molecular weight is 424 g/mol. The van der Waals surface area contributed by atoms with Gasteiger partial charge < -0.3 is 9.88 Å². The van der Waals surface area contributed by atoms with Crippen molar-refractivity contribution in [3.63, 3.8) is 0 Å². The number of aromatic amines is 1. The number of nitrogens with zero attached hydrogens (tertiary/aromatic N) is 6. The number of rotatable bonds is 6. The molecule has 8 heteroatoms. The van der Waals surface area contributed by atoms with Crippen LogP contribution in [0.3, 0.4) is 0 Å². The molecule has 0 saturated carbocycles. The van der Waals surface area contributed by atoms with Gasteiger partial charge in [-0.15, -0.1) is 5.10 Å². The lowest BCUT2D eigenvalue weighted by atomic mass is 9.98. The summed E-state index contributed by atoms with van der Waals surface area (Å²) in [5.74, 6) is 0.731. The Morgan fingerprint density at radius 3 is 2.58 bits per heavy atom. The minimum Gasteiger partial charge on any atom is -0.321 e. The summed E-state index contributed by atoms with van der Waals surface area (Å²) in [6.07, 6.45) is 0.884. The molecule has 166 valence electrons. The standard InChI is InChI=1S/C23H33N7O/c1-6-23(4,5)30-21(25-26-27-30)20(29-13-11-28(7-2)12-14-29)18-15-17-10-8-9-16(3)19(17)24-22(18)31/h8-10,15,20H,6-7,11-14H2,1-5H3,(H,24,31)/t20-/m1/s1. The van der Waals surface area contributed by atoms with Crippen molar-refractivity contribution >= 4 is 10.9 Å². The fourth-order valence-corrected chi connectivity index (χ4v) is 4.39. The van der Waals surface area contributed by atoms with E-state index in [0.29, 0.717) is 5.56 Å². The third-order valence-electron chi connectivity index (χ3n) is 6.81. The van der Waals surface area contributed by atoms with Crippen molar-refractivity contribution in [2.24, 2.45) is 0 Å². The van der Waals surface area contributed by atoms with E-state index in [2.05, 4.69) is 58.0 Å². The number of aromatic nitrogens is 5. The smallest absolute Gasteiger partial charge is 0.253 e. The molecule has 1 aliphatic rings. The van der Waals surface area contributed by atoms with Crippen LogP contribution in [0.1, 0.15) is 57.1 Å². The van der Waals surface area contributed by atoms with Gasteiger partial charge in [-0.1, -0.05) is 32.0 Å². The quantitative estimate of drug-likeness (QED) is 0.656. The van der Waals surface area contributed by atoms with E-state index in [1.54, 1.807) is 0 Å². The number of tetrazole rings is 1. The van der Waals surface area contributed by atoms with Gasteiger partial charge in [-0.05, 0) is 61.2 Å². The molecule has 1 aromatic carbocycles. The monoisotopic (exact) mass is 423 g/mol. The van der Waals surface area contributed by atoms with Crippen molar-refractivity contribution < 1.29 is 0 Å². The average Bonchev–Trinajstić information content (AvgIpc) is 3.26. The molecule has 0 spiro atoms. The van der Waals surface area contributed by atoms with Gasteiger partial charge in [-0.25, -0.2) is 4.68 Å². The van der Waals surface area contributed by atoms with Crippen molar-refractivity contribution in [3.8, 4) is 0 Å². The molecule has 0 radical (unpaired) electrons. The van der Waals surface area contributed by atoms with Gasteiger partial charge in [-0.3, -0.25) is 9.69 Å². The van der Waals surface area contributed by atoms with Gasteiger partial charge in [0.15, 0.2) is 5.82 Å². The highest BCUT2D eigenvalue weighted by Gasteiger charge is 2.35. The number of fused-ring (bicyclic) bond motifs is 1. The number of piperazine rings is 1. The van der Waals surface area contributed by atoms with Gasteiger partial charge in [0.1, 0.15) is 6.04 Å². The van der Waals surface area contributed by atoms with E-state index in [1.807, 2.05) is 35.9 Å². The van der Waals surface area contributed by atoms with Crippen LogP contribution in [0.5, 0.6) is 0 Å². The Balaban J connectivity index is 1.87. The van der Waals surface area contributed by atoms with Crippen LogP contribution in [0, 0.1) is 6.92 Å². The number of nitrogens with one attached hydrogen (secondary N) is 1. The Morgan fingerprint density at radius 2 is 1.90 bits per heavy atom. The number of likely N-dealkylation sites (N-methyl/N-ethyl adjacent to an activating group) is 1. The van der Waals surface area contributed by atoms with Gasteiger partial charge in [0.05, 0.1) is 11.1 Å². The lowest BCUT2D eigenvalue weighted by Crippen LogP contribution is -2.49. The van der Waals surface area contributed by atoms with Crippen LogP contribution in [0.25, 0.3) is 10.9 Å². The number of hydrogen-bond donors (Lipinski definition) is 1. The summed E-state index contributed by atoms with van der Waals surface area (Å²) in [5.41, 5.74) is 2.33. The Morgan fingerprint density at radius 1 is 1.16 bits per heavy atom. The minimum absolute atomic E-state index is 0.0754. The topological polar surface area (TPSA) is 82.9 Å². The maximum atomic E-state index is 13.3. The maximum absolute atomic E-state index is 13.3. The summed E-state index contributed by atoms with van der Waals surface area (Å²) in [7, 11) is 0. The zero-order valence-electron chi connectivity index (χ0n) is 19.2. The van der Waals surface area contributed by atoms with Crippen molar-refractivity contribution in [1.29, 1.82) is 0 Å². The number of aryl methyl sites for hydroxylation is 1. The third-order valence-corrected chi connectivity index (χ3v) is 6.81. The van der Waals surface area contributed by atoms with Crippen LogP contribution < -0.4 is 5.56 Å². The van der Waals surface area contributed by atoms with Crippen molar-refractivity contribution in [1.82, 2.24) is 35.0 Å². The molecular weight excluding hydrogens is 390 g/mol. The highest BCUT2D eigenvalue weighted by atomic mass is 16.1. The maximum Gasteiger partial charge on any atom is 0.253 e. The molecule has 1 N–H and O–H groups in total. The predicted molar refractivity (Wildman–Crippen MR) is 122 cm³/mol. The van der Waals surface area contributed by atoms with Crippen LogP contribution in [0.2, 0.25) is 0 Å². The van der Waals surface area contributed by atoms with Crippen LogP contribution in [-0.4, -0.2) is 67.7 Å². The molecule has 0 aliphatic carbocycles. The van der Waals surface area contributed by atoms with Crippen molar-refractivity contribution in [2.45, 2.75) is 52.6 Å². The largest absolute Gasteiger partial charge is 0.321 e. The fourth-order valence-electron chi connectivity index (χ4n) is 4.39. The molecule has 1 aliphatic heterocycles. The van der Waals surface area contributed by atoms with Crippen LogP contribution in [-0.2, 0) is 5.54 Å². The first-order chi connectivity index (χ1) is 14.9. The molecule has 2 aromatic heterocycles. The number of benzene rings is 1. The highest BCUT2D eigenvalue weighted by molar-refractivity contribution is 5.82. The van der Waals surface area contributed by atoms with Crippen LogP contribution in [0.4, 0.5) is 0 Å². The van der Waals surface area contributed by atoms with Gasteiger partial charge in [0, 0.05) is 31.7 Å². The Hall–Kier alpha value is -2.58. The second kappa shape index (κ2) is 8.51. The van der Waals surface area contributed by atoms with E-state index in [0.717, 1.165) is 61.4 Å². The molecule has 1 saturated heterocycles. The molecule has 0 amide bonds. The summed E-state index contributed by atoms with van der Waals surface area (Å²) >= 11 is 0. The molecule has 1 fully saturated rings. The summed E-state index contributed by atoms with van der Waals surface area (Å²) in [4.78, 5) is 21.3. The van der Waals surface area contributed by atoms with E-state index in [-0.39, 0.29) is 17.1 Å². The molecule has 1 atom stereocenters. The second-order valence-electron chi connectivity index (χ2n) is 9.08. The highest BCUT2D eigenvalue weighted by Crippen LogP contribution is 2.31. The van der Waals surface area contributed by atoms with Crippen molar-refractivity contribution in [3.05, 3.63) is 51.6 Å². The first-order valence-electron chi connectivity index (χ1n) is 11.2. The number of H-pyrrole nitrogens is 1. The molecule has 0 unspecified atom stereocenters. The Kier molecular flexibility index (Phi) is 5.94. The molecule has 3 aromatic rings. The number of para-hydroxylation sites is 1. The normalized spacial score (nSPS) is 17.3. The third kappa shape index (κ3) is 4.02. The zero-order valence-corrected chi connectivity index (χ0v) is 19.2. The van der Waals surface area contributed by atoms with E-state index in [9.17, 15) is 4.79 Å². The van der Waals surface area contributed by atoms with Gasteiger partial charge >= 0.3 is 0 Å². The molecule has 4 rings (SSSR count). The lowest BCUT2D eigenvalue weighted by Gasteiger charge is -2.39. The Bertz CT molecular complexity index is 1110. The van der Waals surface area contributed by atoms with Crippen molar-refractivity contribution in [2.75, 3.05) is 32.7 Å². The van der Waals surface area contributed by atoms with Gasteiger partial charge in [0.2, 0.25) is 0 Å². The lowest BCUT2D eigenvalue weighted by molar-refractivity contribution is 0.105. The minimum atomic E-state index is -0.298. The fraction of sp³-hybridized carbons (Fsp3) is 0.565. The molecular formula is C23H33N7O. The van der Waals surface area contributed by atoms with E-state index in [4.69, 9.17) is 0 Å². The van der Waals surface area contributed by atoms with Gasteiger partial charge in [-0.2, -0.15) is 0 Å². The summed E-state index contributed by atoms with van der Waals surface area (Å²) < 4.78 is 1.91. The van der Waals surface area contributed by atoms with E-state index < -0.39 is 0 Å². The number of hydrogen-bond acceptors (Lipinski definition) is 6. The SMILES string of the molecule is CCN1CCN([C@H](c2cc3cccc(C)c3[nH]c2=O)c2nnnn2C(C)(C)CC)CC1. The van der Waals surface area contributed by atoms with Crippen LogP contribution >= 0.6 is 0 Å². The first kappa shape index (κ1) is 21.6. The summed E-state index contributed by atoms with van der Waals surface area (Å²) in [5, 5.41) is 13.9. The second-order valence-corrected chi connectivity index (χ2v) is 9.08.